The van der Waals surface area contributed by atoms with E-state index in [1.165, 1.54) is 32.8 Å². The van der Waals surface area contributed by atoms with Gasteiger partial charge in [-0.05, 0) is 43.5 Å². The lowest BCUT2D eigenvalue weighted by Gasteiger charge is -2.21. The fourth-order valence-electron chi connectivity index (χ4n) is 2.88. The van der Waals surface area contributed by atoms with Gasteiger partial charge >= 0.3 is 0 Å². The van der Waals surface area contributed by atoms with Crippen molar-refractivity contribution in [3.8, 4) is 11.5 Å². The average molecular weight is 284 g/mol. The van der Waals surface area contributed by atoms with Gasteiger partial charge in [-0.1, -0.05) is 24.4 Å². The summed E-state index contributed by atoms with van der Waals surface area (Å²) in [6, 6.07) is 3.66. The third-order valence-electron chi connectivity index (χ3n) is 3.81. The van der Waals surface area contributed by atoms with Crippen LogP contribution in [0.3, 0.4) is 0 Å². The van der Waals surface area contributed by atoms with Gasteiger partial charge in [0.05, 0.1) is 12.1 Å². The minimum absolute atomic E-state index is 0.0198. The first-order valence-electron chi connectivity index (χ1n) is 6.84. The molecule has 0 aliphatic heterocycles. The van der Waals surface area contributed by atoms with E-state index in [1.54, 1.807) is 0 Å². The Kier molecular flexibility index (Phi) is 4.94. The number of phenolic OH excluding ortho intramolecular Hbond substituents is 1. The van der Waals surface area contributed by atoms with Gasteiger partial charge in [-0.3, -0.25) is 0 Å². The molecule has 1 N–H and O–H groups in total. The SMILES string of the molecule is COc1cc(CN(C)CC2CCCC2)cc(Cl)c1O. The van der Waals surface area contributed by atoms with Crippen molar-refractivity contribution in [2.24, 2.45) is 5.92 Å². The van der Waals surface area contributed by atoms with E-state index >= 15 is 0 Å². The molecule has 0 bridgehead atoms. The molecule has 1 aliphatic carbocycles. The number of aromatic hydroxyl groups is 1. The predicted molar refractivity (Wildman–Crippen MR) is 78.0 cm³/mol. The van der Waals surface area contributed by atoms with Crippen LogP contribution >= 0.6 is 11.6 Å². The molecule has 1 saturated carbocycles. The maximum absolute atomic E-state index is 9.72. The first-order valence-corrected chi connectivity index (χ1v) is 7.22. The maximum atomic E-state index is 9.72. The lowest BCUT2D eigenvalue weighted by atomic mass is 10.1. The van der Waals surface area contributed by atoms with Crippen LogP contribution in [0.2, 0.25) is 5.02 Å². The molecule has 0 spiro atoms. The molecular formula is C15H22ClNO2. The number of phenols is 1. The van der Waals surface area contributed by atoms with E-state index in [2.05, 4.69) is 11.9 Å². The van der Waals surface area contributed by atoms with Gasteiger partial charge in [-0.2, -0.15) is 0 Å². The Labute approximate surface area is 120 Å². The van der Waals surface area contributed by atoms with Gasteiger partial charge in [0, 0.05) is 13.1 Å². The number of hydrogen-bond donors (Lipinski definition) is 1. The average Bonchev–Trinajstić information content (AvgIpc) is 2.86. The van der Waals surface area contributed by atoms with Crippen molar-refractivity contribution in [2.75, 3.05) is 20.7 Å². The van der Waals surface area contributed by atoms with Gasteiger partial charge < -0.3 is 14.7 Å². The maximum Gasteiger partial charge on any atom is 0.176 e. The normalized spacial score (nSPS) is 16.2. The minimum Gasteiger partial charge on any atom is -0.503 e. The van der Waals surface area contributed by atoms with E-state index in [0.717, 1.165) is 24.6 Å². The van der Waals surface area contributed by atoms with Gasteiger partial charge in [-0.25, -0.2) is 0 Å². The Morgan fingerprint density at radius 1 is 1.37 bits per heavy atom. The van der Waals surface area contributed by atoms with Crippen LogP contribution in [0.4, 0.5) is 0 Å². The Hall–Kier alpha value is -0.930. The van der Waals surface area contributed by atoms with Crippen LogP contribution in [-0.2, 0) is 6.54 Å². The number of halogens is 1. The molecule has 4 heteroatoms. The lowest BCUT2D eigenvalue weighted by Crippen LogP contribution is -2.24. The van der Waals surface area contributed by atoms with E-state index < -0.39 is 0 Å². The molecule has 0 aromatic heterocycles. The van der Waals surface area contributed by atoms with Crippen LogP contribution in [0.5, 0.6) is 11.5 Å². The summed E-state index contributed by atoms with van der Waals surface area (Å²) >= 11 is 6.00. The molecule has 2 rings (SSSR count). The van der Waals surface area contributed by atoms with E-state index in [1.807, 2.05) is 12.1 Å². The number of hydrogen-bond acceptors (Lipinski definition) is 3. The highest BCUT2D eigenvalue weighted by Crippen LogP contribution is 2.35. The molecule has 0 radical (unpaired) electrons. The molecular weight excluding hydrogens is 262 g/mol. The Morgan fingerprint density at radius 3 is 2.68 bits per heavy atom. The first kappa shape index (κ1) is 14.5. The second-order valence-electron chi connectivity index (χ2n) is 5.48. The van der Waals surface area contributed by atoms with E-state index in [4.69, 9.17) is 16.3 Å². The molecule has 0 saturated heterocycles. The largest absolute Gasteiger partial charge is 0.503 e. The van der Waals surface area contributed by atoms with Gasteiger partial charge in [0.25, 0.3) is 0 Å². The summed E-state index contributed by atoms with van der Waals surface area (Å²) in [7, 11) is 3.67. The molecule has 1 aromatic carbocycles. The molecule has 3 nitrogen and oxygen atoms in total. The van der Waals surface area contributed by atoms with Crippen molar-refractivity contribution in [1.82, 2.24) is 4.90 Å². The quantitative estimate of drug-likeness (QED) is 0.895. The van der Waals surface area contributed by atoms with Gasteiger partial charge in [0.2, 0.25) is 0 Å². The monoisotopic (exact) mass is 283 g/mol. The zero-order chi connectivity index (χ0) is 13.8. The molecule has 106 valence electrons. The molecule has 19 heavy (non-hydrogen) atoms. The van der Waals surface area contributed by atoms with Crippen LogP contribution in [0.15, 0.2) is 12.1 Å². The molecule has 0 amide bonds. The molecule has 1 aromatic rings. The number of ether oxygens (including phenoxy) is 1. The third-order valence-corrected chi connectivity index (χ3v) is 4.09. The van der Waals surface area contributed by atoms with Crippen molar-refractivity contribution < 1.29 is 9.84 Å². The Bertz CT molecular complexity index is 430. The van der Waals surface area contributed by atoms with Crippen molar-refractivity contribution in [3.05, 3.63) is 22.7 Å². The van der Waals surface area contributed by atoms with Gasteiger partial charge in [0.1, 0.15) is 0 Å². The number of nitrogens with zero attached hydrogens (tertiary/aromatic N) is 1. The zero-order valence-corrected chi connectivity index (χ0v) is 12.4. The minimum atomic E-state index is 0.0198. The molecule has 0 heterocycles. The van der Waals surface area contributed by atoms with Crippen molar-refractivity contribution in [1.29, 1.82) is 0 Å². The fraction of sp³-hybridized carbons (Fsp3) is 0.600. The Balaban J connectivity index is 1.99. The highest BCUT2D eigenvalue weighted by atomic mass is 35.5. The molecule has 1 fully saturated rings. The van der Waals surface area contributed by atoms with Gasteiger partial charge in [-0.15, -0.1) is 0 Å². The van der Waals surface area contributed by atoms with Crippen LogP contribution in [0, 0.1) is 5.92 Å². The van der Waals surface area contributed by atoms with Crippen LogP contribution in [-0.4, -0.2) is 30.7 Å². The summed E-state index contributed by atoms with van der Waals surface area (Å²) in [5.74, 6) is 1.29. The second kappa shape index (κ2) is 6.49. The van der Waals surface area contributed by atoms with Crippen LogP contribution < -0.4 is 4.74 Å². The smallest absolute Gasteiger partial charge is 0.176 e. The highest BCUT2D eigenvalue weighted by molar-refractivity contribution is 6.32. The van der Waals surface area contributed by atoms with Crippen molar-refractivity contribution >= 4 is 11.6 Å². The molecule has 0 atom stereocenters. The topological polar surface area (TPSA) is 32.7 Å². The molecule has 1 aliphatic rings. The third kappa shape index (κ3) is 3.77. The Morgan fingerprint density at radius 2 is 2.05 bits per heavy atom. The van der Waals surface area contributed by atoms with E-state index in [0.29, 0.717) is 10.8 Å². The van der Waals surface area contributed by atoms with Crippen LogP contribution in [0.25, 0.3) is 0 Å². The first-order chi connectivity index (χ1) is 9.10. The van der Waals surface area contributed by atoms with E-state index in [-0.39, 0.29) is 5.75 Å². The highest BCUT2D eigenvalue weighted by Gasteiger charge is 2.17. The summed E-state index contributed by atoms with van der Waals surface area (Å²) in [6.45, 7) is 1.95. The lowest BCUT2D eigenvalue weighted by molar-refractivity contribution is 0.270. The zero-order valence-electron chi connectivity index (χ0n) is 11.7. The second-order valence-corrected chi connectivity index (χ2v) is 5.88. The predicted octanol–water partition coefficient (Wildman–Crippen LogP) is 3.68. The standard InChI is InChI=1S/C15H22ClNO2/c1-17(9-11-5-3-4-6-11)10-12-7-13(16)15(18)14(8-12)19-2/h7-8,11,18H,3-6,9-10H2,1-2H3. The van der Waals surface area contributed by atoms with E-state index in [9.17, 15) is 5.11 Å². The number of methoxy groups -OCH3 is 1. The summed E-state index contributed by atoms with van der Waals surface area (Å²) in [5.41, 5.74) is 1.07. The number of benzene rings is 1. The number of rotatable bonds is 5. The van der Waals surface area contributed by atoms with Crippen molar-refractivity contribution in [3.63, 3.8) is 0 Å². The fourth-order valence-corrected chi connectivity index (χ4v) is 3.12. The summed E-state index contributed by atoms with van der Waals surface area (Å²) in [6.07, 6.45) is 5.45. The summed E-state index contributed by atoms with van der Waals surface area (Å²) in [4.78, 5) is 2.32. The summed E-state index contributed by atoms with van der Waals surface area (Å²) < 4.78 is 5.13. The van der Waals surface area contributed by atoms with Gasteiger partial charge in [0.15, 0.2) is 11.5 Å². The summed E-state index contributed by atoms with van der Waals surface area (Å²) in [5, 5.41) is 10.1. The molecule has 0 unspecified atom stereocenters. The van der Waals surface area contributed by atoms with Crippen molar-refractivity contribution in [2.45, 2.75) is 32.2 Å². The van der Waals surface area contributed by atoms with Crippen LogP contribution in [0.1, 0.15) is 31.2 Å².